The van der Waals surface area contributed by atoms with Crippen LogP contribution >= 0.6 is 0 Å². The van der Waals surface area contributed by atoms with Gasteiger partial charge in [-0.2, -0.15) is 0 Å². The second-order valence-corrected chi connectivity index (χ2v) is 3.56. The van der Waals surface area contributed by atoms with E-state index < -0.39 is 0 Å². The molecule has 2 rings (SSSR count). The first-order chi connectivity index (χ1) is 6.25. The molecule has 1 unspecified atom stereocenters. The van der Waals surface area contributed by atoms with E-state index in [1.54, 1.807) is 0 Å². The van der Waals surface area contributed by atoms with Crippen LogP contribution in [0.4, 0.5) is 0 Å². The lowest BCUT2D eigenvalue weighted by molar-refractivity contribution is 0.727. The monoisotopic (exact) mass is 174 g/mol. The number of fused-ring (bicyclic) bond motifs is 1. The summed E-state index contributed by atoms with van der Waals surface area (Å²) >= 11 is 0. The number of hydrogen-bond acceptors (Lipinski definition) is 1. The summed E-state index contributed by atoms with van der Waals surface area (Å²) in [5.41, 5.74) is 8.14. The van der Waals surface area contributed by atoms with Crippen molar-refractivity contribution in [3.05, 3.63) is 36.0 Å². The second kappa shape index (κ2) is 3.23. The Morgan fingerprint density at radius 2 is 2.15 bits per heavy atom. The maximum Gasteiger partial charge on any atom is 0.0456 e. The van der Waals surface area contributed by atoms with Gasteiger partial charge >= 0.3 is 0 Å². The molecule has 1 aromatic carbocycles. The molecule has 2 nitrogen and oxygen atoms in total. The van der Waals surface area contributed by atoms with Gasteiger partial charge in [0.1, 0.15) is 0 Å². The highest BCUT2D eigenvalue weighted by Crippen LogP contribution is 2.15. The van der Waals surface area contributed by atoms with Gasteiger partial charge in [-0.25, -0.2) is 0 Å². The minimum absolute atomic E-state index is 0.216. The number of rotatable bonds is 2. The number of nitrogens with one attached hydrogen (secondary N) is 1. The van der Waals surface area contributed by atoms with E-state index >= 15 is 0 Å². The minimum Gasteiger partial charge on any atom is -0.358 e. The molecule has 68 valence electrons. The van der Waals surface area contributed by atoms with Gasteiger partial charge in [0.15, 0.2) is 0 Å². The van der Waals surface area contributed by atoms with E-state index in [9.17, 15) is 0 Å². The summed E-state index contributed by atoms with van der Waals surface area (Å²) in [6, 6.07) is 10.7. The van der Waals surface area contributed by atoms with Crippen LogP contribution in [0.2, 0.25) is 0 Å². The fourth-order valence-electron chi connectivity index (χ4n) is 1.59. The van der Waals surface area contributed by atoms with Crippen molar-refractivity contribution in [2.45, 2.75) is 19.4 Å². The average Bonchev–Trinajstić information content (AvgIpc) is 2.44. The van der Waals surface area contributed by atoms with Crippen LogP contribution in [-0.2, 0) is 6.42 Å². The molecule has 0 saturated heterocycles. The van der Waals surface area contributed by atoms with Crippen molar-refractivity contribution < 1.29 is 0 Å². The third-order valence-corrected chi connectivity index (χ3v) is 2.13. The van der Waals surface area contributed by atoms with E-state index in [1.807, 2.05) is 19.1 Å². The molecule has 0 aliphatic rings. The Morgan fingerprint density at radius 1 is 1.38 bits per heavy atom. The smallest absolute Gasteiger partial charge is 0.0456 e. The normalized spacial score (nSPS) is 13.4. The van der Waals surface area contributed by atoms with Crippen LogP contribution in [-0.4, -0.2) is 11.0 Å². The summed E-state index contributed by atoms with van der Waals surface area (Å²) in [5.74, 6) is 0. The van der Waals surface area contributed by atoms with Crippen molar-refractivity contribution in [3.8, 4) is 0 Å². The molecule has 2 aromatic rings. The van der Waals surface area contributed by atoms with Gasteiger partial charge in [-0.1, -0.05) is 18.2 Å². The van der Waals surface area contributed by atoms with Gasteiger partial charge < -0.3 is 10.7 Å². The Labute approximate surface area is 77.8 Å². The molecular weight excluding hydrogens is 160 g/mol. The van der Waals surface area contributed by atoms with Gasteiger partial charge in [0.05, 0.1) is 0 Å². The summed E-state index contributed by atoms with van der Waals surface area (Å²) in [7, 11) is 0. The minimum atomic E-state index is 0.216. The van der Waals surface area contributed by atoms with E-state index in [2.05, 4.69) is 23.2 Å². The fraction of sp³-hybridized carbons (Fsp3) is 0.273. The Balaban J connectivity index is 2.38. The zero-order valence-electron chi connectivity index (χ0n) is 7.75. The maximum absolute atomic E-state index is 5.73. The number of benzene rings is 1. The molecule has 0 amide bonds. The largest absolute Gasteiger partial charge is 0.358 e. The Bertz CT molecular complexity index is 368. The van der Waals surface area contributed by atoms with Crippen LogP contribution in [0.3, 0.4) is 0 Å². The van der Waals surface area contributed by atoms with Crippen LogP contribution in [0.1, 0.15) is 12.6 Å². The molecule has 1 atom stereocenters. The first-order valence-electron chi connectivity index (χ1n) is 4.58. The number of aromatic nitrogens is 1. The molecule has 1 aromatic heterocycles. The molecule has 13 heavy (non-hydrogen) atoms. The molecule has 0 fully saturated rings. The fourth-order valence-corrected chi connectivity index (χ4v) is 1.59. The highest BCUT2D eigenvalue weighted by Gasteiger charge is 2.01. The van der Waals surface area contributed by atoms with E-state index in [-0.39, 0.29) is 6.04 Å². The van der Waals surface area contributed by atoms with E-state index in [0.717, 1.165) is 6.42 Å². The van der Waals surface area contributed by atoms with Crippen molar-refractivity contribution in [1.29, 1.82) is 0 Å². The highest BCUT2D eigenvalue weighted by atomic mass is 14.7. The van der Waals surface area contributed by atoms with Crippen molar-refractivity contribution in [1.82, 2.24) is 4.98 Å². The van der Waals surface area contributed by atoms with Crippen molar-refractivity contribution in [3.63, 3.8) is 0 Å². The number of H-pyrrole nitrogens is 1. The lowest BCUT2D eigenvalue weighted by Crippen LogP contribution is -2.17. The maximum atomic E-state index is 5.73. The summed E-state index contributed by atoms with van der Waals surface area (Å²) in [4.78, 5) is 3.35. The van der Waals surface area contributed by atoms with Crippen LogP contribution in [0.15, 0.2) is 30.3 Å². The van der Waals surface area contributed by atoms with Crippen LogP contribution in [0, 0.1) is 0 Å². The third kappa shape index (κ3) is 1.73. The molecule has 3 N–H and O–H groups in total. The van der Waals surface area contributed by atoms with Gasteiger partial charge in [-0.05, 0) is 24.4 Å². The number of para-hydroxylation sites is 1. The molecule has 0 bridgehead atoms. The zero-order valence-corrected chi connectivity index (χ0v) is 7.75. The molecule has 0 aliphatic heterocycles. The summed E-state index contributed by atoms with van der Waals surface area (Å²) < 4.78 is 0. The molecule has 0 radical (unpaired) electrons. The van der Waals surface area contributed by atoms with Gasteiger partial charge in [0.2, 0.25) is 0 Å². The van der Waals surface area contributed by atoms with Crippen molar-refractivity contribution >= 4 is 10.9 Å². The number of nitrogens with two attached hydrogens (primary N) is 1. The lowest BCUT2D eigenvalue weighted by Gasteiger charge is -2.00. The molecule has 0 aliphatic carbocycles. The van der Waals surface area contributed by atoms with Gasteiger partial charge in [0.25, 0.3) is 0 Å². The molecule has 1 heterocycles. The Kier molecular flexibility index (Phi) is 2.07. The first-order valence-corrected chi connectivity index (χ1v) is 4.58. The van der Waals surface area contributed by atoms with E-state index in [1.165, 1.54) is 16.6 Å². The van der Waals surface area contributed by atoms with Gasteiger partial charge in [0, 0.05) is 23.7 Å². The van der Waals surface area contributed by atoms with Crippen LogP contribution in [0.5, 0.6) is 0 Å². The summed E-state index contributed by atoms with van der Waals surface area (Å²) in [6.07, 6.45) is 0.911. The van der Waals surface area contributed by atoms with E-state index in [0.29, 0.717) is 0 Å². The second-order valence-electron chi connectivity index (χ2n) is 3.56. The van der Waals surface area contributed by atoms with Crippen molar-refractivity contribution in [2.24, 2.45) is 5.73 Å². The molecule has 0 saturated carbocycles. The summed E-state index contributed by atoms with van der Waals surface area (Å²) in [5, 5.41) is 1.26. The number of hydrogen-bond donors (Lipinski definition) is 2. The molecule has 2 heteroatoms. The van der Waals surface area contributed by atoms with Crippen molar-refractivity contribution in [2.75, 3.05) is 0 Å². The number of aromatic amines is 1. The lowest BCUT2D eigenvalue weighted by atomic mass is 10.2. The Hall–Kier alpha value is -1.28. The average molecular weight is 174 g/mol. The standard InChI is InChI=1S/C11H14N2/c1-8(12)6-10-7-9-4-2-3-5-11(9)13-10/h2-5,7-8,13H,6,12H2,1H3. The van der Waals surface area contributed by atoms with Gasteiger partial charge in [-0.3, -0.25) is 0 Å². The van der Waals surface area contributed by atoms with Crippen LogP contribution in [0.25, 0.3) is 10.9 Å². The SMILES string of the molecule is CC(N)Cc1cc2ccccc2[nH]1. The Morgan fingerprint density at radius 3 is 2.85 bits per heavy atom. The molecule has 0 spiro atoms. The zero-order chi connectivity index (χ0) is 9.26. The molecular formula is C11H14N2. The highest BCUT2D eigenvalue weighted by molar-refractivity contribution is 5.80. The first kappa shape index (κ1) is 8.32. The van der Waals surface area contributed by atoms with E-state index in [4.69, 9.17) is 5.73 Å². The topological polar surface area (TPSA) is 41.8 Å². The summed E-state index contributed by atoms with van der Waals surface area (Å²) in [6.45, 7) is 2.02. The van der Waals surface area contributed by atoms with Gasteiger partial charge in [-0.15, -0.1) is 0 Å². The quantitative estimate of drug-likeness (QED) is 0.719. The predicted octanol–water partition coefficient (Wildman–Crippen LogP) is 2.06. The third-order valence-electron chi connectivity index (χ3n) is 2.13. The predicted molar refractivity (Wildman–Crippen MR) is 55.7 cm³/mol. The van der Waals surface area contributed by atoms with Crippen LogP contribution < -0.4 is 5.73 Å².